The first kappa shape index (κ1) is 22.8. The normalized spacial score (nSPS) is 17.7. The van der Waals surface area contributed by atoms with Gasteiger partial charge in [-0.05, 0) is 36.2 Å². The van der Waals surface area contributed by atoms with Crippen LogP contribution in [0.3, 0.4) is 0 Å². The molecule has 37 heavy (non-hydrogen) atoms. The molecular weight excluding hydrogens is 468 g/mol. The third-order valence-corrected chi connectivity index (χ3v) is 7.04. The van der Waals surface area contributed by atoms with E-state index in [1.807, 2.05) is 64.0 Å². The summed E-state index contributed by atoms with van der Waals surface area (Å²) in [7, 11) is 1.58. The lowest BCUT2D eigenvalue weighted by molar-refractivity contribution is 0.0655. The first-order valence-corrected chi connectivity index (χ1v) is 12.2. The smallest absolute Gasteiger partial charge is 0.287 e. The van der Waals surface area contributed by atoms with E-state index in [0.29, 0.717) is 29.9 Å². The molecule has 1 aliphatic heterocycles. The van der Waals surface area contributed by atoms with Gasteiger partial charge in [-0.15, -0.1) is 0 Å². The lowest BCUT2D eigenvalue weighted by Crippen LogP contribution is -2.53. The minimum absolute atomic E-state index is 0.0545. The molecule has 2 amide bonds. The Bertz CT molecular complexity index is 1590. The van der Waals surface area contributed by atoms with Crippen LogP contribution in [-0.4, -0.2) is 62.3 Å². The molecule has 0 saturated carbocycles. The van der Waals surface area contributed by atoms with Gasteiger partial charge >= 0.3 is 0 Å². The Morgan fingerprint density at radius 1 is 1.08 bits per heavy atom. The van der Waals surface area contributed by atoms with E-state index in [2.05, 4.69) is 32.4 Å². The van der Waals surface area contributed by atoms with Crippen molar-refractivity contribution in [2.45, 2.75) is 18.4 Å². The Labute approximate surface area is 213 Å². The number of hydrogen-bond acceptors (Lipinski definition) is 5. The fourth-order valence-corrected chi connectivity index (χ4v) is 5.20. The summed E-state index contributed by atoms with van der Waals surface area (Å²) in [5.74, 6) is 0.456. The van der Waals surface area contributed by atoms with Gasteiger partial charge in [0.1, 0.15) is 11.3 Å². The van der Waals surface area contributed by atoms with E-state index < -0.39 is 0 Å². The molecule has 5 aromatic rings. The minimum Gasteiger partial charge on any atom is -0.494 e. The Hall–Kier alpha value is -4.66. The molecule has 4 heterocycles. The van der Waals surface area contributed by atoms with E-state index in [1.54, 1.807) is 19.6 Å². The third kappa shape index (κ3) is 4.18. The SMILES string of the molecule is COc1cccc2[nH]c(C(=O)N[C@@H]3CN(C(=O)c4cccn5cncc45)CC[C@H]3c3ccccc3)nc12. The van der Waals surface area contributed by atoms with Gasteiger partial charge in [0.15, 0.2) is 5.82 Å². The molecule has 9 nitrogen and oxygen atoms in total. The number of likely N-dealkylation sites (tertiary alicyclic amines) is 1. The predicted octanol–water partition coefficient (Wildman–Crippen LogP) is 3.65. The average molecular weight is 495 g/mol. The van der Waals surface area contributed by atoms with Gasteiger partial charge < -0.3 is 24.3 Å². The zero-order valence-electron chi connectivity index (χ0n) is 20.3. The lowest BCUT2D eigenvalue weighted by Gasteiger charge is -2.39. The van der Waals surface area contributed by atoms with Gasteiger partial charge in [-0.2, -0.15) is 0 Å². The Morgan fingerprint density at radius 2 is 1.95 bits per heavy atom. The van der Waals surface area contributed by atoms with Gasteiger partial charge in [-0.3, -0.25) is 9.59 Å². The maximum Gasteiger partial charge on any atom is 0.287 e. The second kappa shape index (κ2) is 9.42. The summed E-state index contributed by atoms with van der Waals surface area (Å²) < 4.78 is 7.22. The number of methoxy groups -OCH3 is 1. The number of aromatic nitrogens is 4. The zero-order chi connectivity index (χ0) is 25.4. The molecule has 9 heteroatoms. The monoisotopic (exact) mass is 494 g/mol. The van der Waals surface area contributed by atoms with E-state index in [-0.39, 0.29) is 29.6 Å². The first-order valence-electron chi connectivity index (χ1n) is 12.2. The Morgan fingerprint density at radius 3 is 2.78 bits per heavy atom. The lowest BCUT2D eigenvalue weighted by atomic mass is 9.85. The molecule has 0 radical (unpaired) electrons. The van der Waals surface area contributed by atoms with E-state index in [4.69, 9.17) is 4.74 Å². The van der Waals surface area contributed by atoms with Gasteiger partial charge in [-0.1, -0.05) is 36.4 Å². The van der Waals surface area contributed by atoms with Crippen molar-refractivity contribution in [1.29, 1.82) is 0 Å². The van der Waals surface area contributed by atoms with E-state index in [1.165, 1.54) is 0 Å². The molecule has 2 atom stereocenters. The topological polar surface area (TPSA) is 105 Å². The zero-order valence-corrected chi connectivity index (χ0v) is 20.3. The van der Waals surface area contributed by atoms with Crippen molar-refractivity contribution in [3.05, 3.63) is 96.3 Å². The number of carbonyl (C=O) groups is 2. The van der Waals surface area contributed by atoms with Crippen LogP contribution in [0.25, 0.3) is 16.6 Å². The highest BCUT2D eigenvalue weighted by atomic mass is 16.5. The molecule has 6 rings (SSSR count). The number of rotatable bonds is 5. The van der Waals surface area contributed by atoms with Crippen molar-refractivity contribution >= 4 is 28.4 Å². The highest BCUT2D eigenvalue weighted by molar-refractivity contribution is 6.01. The summed E-state index contributed by atoms with van der Waals surface area (Å²) in [5.41, 5.74) is 3.80. The van der Waals surface area contributed by atoms with Crippen LogP contribution in [0, 0.1) is 0 Å². The third-order valence-electron chi connectivity index (χ3n) is 7.04. The second-order valence-corrected chi connectivity index (χ2v) is 9.19. The van der Waals surface area contributed by atoms with Gasteiger partial charge in [0.2, 0.25) is 0 Å². The number of fused-ring (bicyclic) bond motifs is 2. The van der Waals surface area contributed by atoms with Gasteiger partial charge in [0, 0.05) is 25.2 Å². The summed E-state index contributed by atoms with van der Waals surface area (Å²) in [4.78, 5) is 40.5. The number of imidazole rings is 2. The number of ether oxygens (including phenoxy) is 1. The van der Waals surface area contributed by atoms with Crippen molar-refractivity contribution in [3.8, 4) is 5.75 Å². The molecule has 2 aromatic carbocycles. The molecule has 0 spiro atoms. The number of benzene rings is 2. The number of amides is 2. The van der Waals surface area contributed by atoms with E-state index >= 15 is 0 Å². The molecule has 1 saturated heterocycles. The fraction of sp³-hybridized carbons (Fsp3) is 0.214. The van der Waals surface area contributed by atoms with Crippen LogP contribution in [0.4, 0.5) is 0 Å². The maximum absolute atomic E-state index is 13.6. The fourth-order valence-electron chi connectivity index (χ4n) is 5.20. The second-order valence-electron chi connectivity index (χ2n) is 9.19. The summed E-state index contributed by atoms with van der Waals surface area (Å²) >= 11 is 0. The van der Waals surface area contributed by atoms with Gasteiger partial charge in [0.25, 0.3) is 11.8 Å². The highest BCUT2D eigenvalue weighted by Crippen LogP contribution is 2.30. The van der Waals surface area contributed by atoms with Crippen molar-refractivity contribution in [2.75, 3.05) is 20.2 Å². The van der Waals surface area contributed by atoms with Crippen LogP contribution < -0.4 is 10.1 Å². The van der Waals surface area contributed by atoms with Gasteiger partial charge in [0.05, 0.1) is 42.3 Å². The van der Waals surface area contributed by atoms with Crippen LogP contribution >= 0.6 is 0 Å². The molecule has 186 valence electrons. The van der Waals surface area contributed by atoms with Crippen LogP contribution in [0.1, 0.15) is 38.9 Å². The molecule has 3 aromatic heterocycles. The minimum atomic E-state index is -0.323. The predicted molar refractivity (Wildman–Crippen MR) is 139 cm³/mol. The molecule has 1 fully saturated rings. The Balaban J connectivity index is 1.29. The number of nitrogens with one attached hydrogen (secondary N) is 2. The number of H-pyrrole nitrogens is 1. The number of aromatic amines is 1. The van der Waals surface area contributed by atoms with Crippen molar-refractivity contribution < 1.29 is 14.3 Å². The van der Waals surface area contributed by atoms with Crippen LogP contribution in [0.5, 0.6) is 5.75 Å². The Kier molecular flexibility index (Phi) is 5.80. The molecule has 1 aliphatic rings. The molecule has 0 bridgehead atoms. The number of pyridine rings is 1. The number of nitrogens with zero attached hydrogens (tertiary/aromatic N) is 4. The van der Waals surface area contributed by atoms with Crippen molar-refractivity contribution in [2.24, 2.45) is 0 Å². The summed E-state index contributed by atoms with van der Waals surface area (Å²) in [5, 5.41) is 3.17. The molecule has 2 N–H and O–H groups in total. The summed E-state index contributed by atoms with van der Waals surface area (Å²) in [6, 6.07) is 19.0. The first-order chi connectivity index (χ1) is 18.1. The number of para-hydroxylation sites is 1. The molecular formula is C28H26N6O3. The maximum atomic E-state index is 13.6. The number of carbonyl (C=O) groups excluding carboxylic acids is 2. The quantitative estimate of drug-likeness (QED) is 0.388. The van der Waals surface area contributed by atoms with Crippen molar-refractivity contribution in [1.82, 2.24) is 29.6 Å². The molecule has 0 aliphatic carbocycles. The van der Waals surface area contributed by atoms with Crippen LogP contribution in [0.2, 0.25) is 0 Å². The summed E-state index contributed by atoms with van der Waals surface area (Å²) in [6.07, 6.45) is 5.96. The highest BCUT2D eigenvalue weighted by Gasteiger charge is 2.35. The van der Waals surface area contributed by atoms with Crippen LogP contribution in [-0.2, 0) is 0 Å². The summed E-state index contributed by atoms with van der Waals surface area (Å²) in [6.45, 7) is 0.963. The molecule has 0 unspecified atom stereocenters. The number of piperidine rings is 1. The largest absolute Gasteiger partial charge is 0.494 e. The van der Waals surface area contributed by atoms with E-state index in [9.17, 15) is 9.59 Å². The average Bonchev–Trinajstić information content (AvgIpc) is 3.60. The van der Waals surface area contributed by atoms with Crippen LogP contribution in [0.15, 0.2) is 79.4 Å². The van der Waals surface area contributed by atoms with Crippen molar-refractivity contribution in [3.63, 3.8) is 0 Å². The number of hydrogen-bond donors (Lipinski definition) is 2. The van der Waals surface area contributed by atoms with E-state index in [0.717, 1.165) is 23.0 Å². The standard InChI is InChI=1S/C28H26N6O3/c1-37-24-11-5-10-21-25(24)32-26(30-21)27(35)31-22-16-33(14-12-19(22)18-7-3-2-4-8-18)28(36)20-9-6-13-34-17-29-15-23(20)34/h2-11,13,15,17,19,22H,12,14,16H2,1H3,(H,30,32)(H,31,35)/t19-,22+/m0/s1. The van der Waals surface area contributed by atoms with Gasteiger partial charge in [-0.25, -0.2) is 9.97 Å².